The lowest BCUT2D eigenvalue weighted by Crippen LogP contribution is -2.35. The highest BCUT2D eigenvalue weighted by Gasteiger charge is 2.19. The van der Waals surface area contributed by atoms with Crippen molar-refractivity contribution < 1.29 is 9.47 Å². The SMILES string of the molecule is COCc1cc(Cl)cc(OC)c1CC(C)(C)N. The molecule has 1 aromatic rings. The maximum Gasteiger partial charge on any atom is 0.123 e. The van der Waals surface area contributed by atoms with Crippen LogP contribution in [-0.4, -0.2) is 19.8 Å². The Morgan fingerprint density at radius 3 is 2.41 bits per heavy atom. The largest absolute Gasteiger partial charge is 0.496 e. The third-order valence-corrected chi connectivity index (χ3v) is 2.64. The van der Waals surface area contributed by atoms with Crippen LogP contribution in [0.5, 0.6) is 5.75 Å². The molecule has 0 fully saturated rings. The van der Waals surface area contributed by atoms with Crippen molar-refractivity contribution in [2.75, 3.05) is 14.2 Å². The van der Waals surface area contributed by atoms with Crippen molar-refractivity contribution in [3.63, 3.8) is 0 Å². The molecule has 0 saturated carbocycles. The van der Waals surface area contributed by atoms with E-state index in [0.717, 1.165) is 16.9 Å². The van der Waals surface area contributed by atoms with E-state index in [-0.39, 0.29) is 5.54 Å². The summed E-state index contributed by atoms with van der Waals surface area (Å²) in [4.78, 5) is 0. The van der Waals surface area contributed by atoms with E-state index in [0.29, 0.717) is 18.1 Å². The summed E-state index contributed by atoms with van der Waals surface area (Å²) in [6.07, 6.45) is 0.714. The Morgan fingerprint density at radius 2 is 1.94 bits per heavy atom. The maximum absolute atomic E-state index is 6.06. The van der Waals surface area contributed by atoms with Gasteiger partial charge in [0.2, 0.25) is 0 Å². The highest BCUT2D eigenvalue weighted by atomic mass is 35.5. The molecule has 4 heteroatoms. The molecule has 96 valence electrons. The van der Waals surface area contributed by atoms with Gasteiger partial charge in [0, 0.05) is 23.2 Å². The lowest BCUT2D eigenvalue weighted by atomic mass is 9.92. The molecule has 1 aromatic carbocycles. The van der Waals surface area contributed by atoms with Gasteiger partial charge in [-0.05, 0) is 38.0 Å². The van der Waals surface area contributed by atoms with Crippen LogP contribution in [0.25, 0.3) is 0 Å². The van der Waals surface area contributed by atoms with Gasteiger partial charge in [0.05, 0.1) is 13.7 Å². The minimum absolute atomic E-state index is 0.302. The number of benzene rings is 1. The van der Waals surface area contributed by atoms with Crippen molar-refractivity contribution in [1.82, 2.24) is 0 Å². The van der Waals surface area contributed by atoms with Crippen LogP contribution in [-0.2, 0) is 17.8 Å². The second-order valence-electron chi connectivity index (χ2n) is 4.84. The molecule has 3 nitrogen and oxygen atoms in total. The third kappa shape index (κ3) is 4.19. The minimum Gasteiger partial charge on any atom is -0.496 e. The van der Waals surface area contributed by atoms with Crippen molar-refractivity contribution in [1.29, 1.82) is 0 Å². The molecule has 0 amide bonds. The van der Waals surface area contributed by atoms with Crippen molar-refractivity contribution in [3.05, 3.63) is 28.3 Å². The first-order valence-corrected chi connectivity index (χ1v) is 5.88. The Hall–Kier alpha value is -0.770. The van der Waals surface area contributed by atoms with E-state index >= 15 is 0 Å². The summed E-state index contributed by atoms with van der Waals surface area (Å²) in [5.41, 5.74) is 7.85. The summed E-state index contributed by atoms with van der Waals surface area (Å²) >= 11 is 6.04. The maximum atomic E-state index is 6.06. The van der Waals surface area contributed by atoms with E-state index in [1.165, 1.54) is 0 Å². The molecule has 0 spiro atoms. The number of nitrogens with two attached hydrogens (primary N) is 1. The molecule has 0 aliphatic carbocycles. The quantitative estimate of drug-likeness (QED) is 0.882. The number of hydrogen-bond acceptors (Lipinski definition) is 3. The fraction of sp³-hybridized carbons (Fsp3) is 0.538. The molecule has 2 N–H and O–H groups in total. The predicted molar refractivity (Wildman–Crippen MR) is 70.7 cm³/mol. The van der Waals surface area contributed by atoms with Gasteiger partial charge in [0.25, 0.3) is 0 Å². The first-order valence-electron chi connectivity index (χ1n) is 5.50. The van der Waals surface area contributed by atoms with Crippen molar-refractivity contribution in [2.24, 2.45) is 5.73 Å². The highest BCUT2D eigenvalue weighted by molar-refractivity contribution is 6.30. The average molecular weight is 258 g/mol. The topological polar surface area (TPSA) is 44.5 Å². The summed E-state index contributed by atoms with van der Waals surface area (Å²) < 4.78 is 10.5. The van der Waals surface area contributed by atoms with Crippen LogP contribution >= 0.6 is 11.6 Å². The van der Waals surface area contributed by atoms with Crippen LogP contribution < -0.4 is 10.5 Å². The number of halogens is 1. The minimum atomic E-state index is -0.302. The second-order valence-corrected chi connectivity index (χ2v) is 5.28. The molecule has 0 aromatic heterocycles. The predicted octanol–water partition coefficient (Wildman–Crippen LogP) is 2.77. The Balaban J connectivity index is 3.21. The monoisotopic (exact) mass is 257 g/mol. The molecule has 0 radical (unpaired) electrons. The van der Waals surface area contributed by atoms with Gasteiger partial charge in [-0.25, -0.2) is 0 Å². The number of methoxy groups -OCH3 is 2. The summed E-state index contributed by atoms with van der Waals surface area (Å²) in [6.45, 7) is 4.47. The summed E-state index contributed by atoms with van der Waals surface area (Å²) in [5, 5.41) is 0.646. The van der Waals surface area contributed by atoms with E-state index in [9.17, 15) is 0 Å². The van der Waals surface area contributed by atoms with Crippen LogP contribution in [0.2, 0.25) is 5.02 Å². The molecule has 0 heterocycles. The number of hydrogen-bond donors (Lipinski definition) is 1. The zero-order chi connectivity index (χ0) is 13.1. The molecule has 17 heavy (non-hydrogen) atoms. The second kappa shape index (κ2) is 5.71. The van der Waals surface area contributed by atoms with Crippen LogP contribution in [0.15, 0.2) is 12.1 Å². The zero-order valence-electron chi connectivity index (χ0n) is 10.8. The summed E-state index contributed by atoms with van der Waals surface area (Å²) in [7, 11) is 3.29. The number of ether oxygens (including phenoxy) is 2. The van der Waals surface area contributed by atoms with E-state index in [1.807, 2.05) is 26.0 Å². The highest BCUT2D eigenvalue weighted by Crippen LogP contribution is 2.30. The molecule has 0 unspecified atom stereocenters. The standard InChI is InChI=1S/C13H20ClNO2/c1-13(2,15)7-11-9(8-16-3)5-10(14)6-12(11)17-4/h5-6H,7-8,15H2,1-4H3. The molecule has 0 aliphatic rings. The van der Waals surface area contributed by atoms with Crippen LogP contribution in [0.1, 0.15) is 25.0 Å². The van der Waals surface area contributed by atoms with Gasteiger partial charge in [-0.15, -0.1) is 0 Å². The number of rotatable bonds is 5. The van der Waals surface area contributed by atoms with E-state index in [2.05, 4.69) is 0 Å². The van der Waals surface area contributed by atoms with Crippen LogP contribution in [0.3, 0.4) is 0 Å². The van der Waals surface area contributed by atoms with E-state index in [1.54, 1.807) is 14.2 Å². The van der Waals surface area contributed by atoms with Gasteiger partial charge in [0.1, 0.15) is 5.75 Å². The van der Waals surface area contributed by atoms with Gasteiger partial charge >= 0.3 is 0 Å². The Kier molecular flexibility index (Phi) is 4.80. The Bertz CT molecular complexity index is 386. The molecule has 1 rings (SSSR count). The Labute approximate surface area is 108 Å². The fourth-order valence-corrected chi connectivity index (χ4v) is 2.02. The van der Waals surface area contributed by atoms with Crippen LogP contribution in [0, 0.1) is 0 Å². The van der Waals surface area contributed by atoms with E-state index in [4.69, 9.17) is 26.8 Å². The van der Waals surface area contributed by atoms with Gasteiger partial charge in [-0.2, -0.15) is 0 Å². The van der Waals surface area contributed by atoms with E-state index < -0.39 is 0 Å². The van der Waals surface area contributed by atoms with Crippen LogP contribution in [0.4, 0.5) is 0 Å². The average Bonchev–Trinajstić information content (AvgIpc) is 2.20. The van der Waals surface area contributed by atoms with Gasteiger partial charge in [-0.3, -0.25) is 0 Å². The Morgan fingerprint density at radius 1 is 1.29 bits per heavy atom. The first kappa shape index (κ1) is 14.3. The molecule has 0 saturated heterocycles. The molecule has 0 aliphatic heterocycles. The first-order chi connectivity index (χ1) is 7.87. The lowest BCUT2D eigenvalue weighted by molar-refractivity contribution is 0.183. The normalized spacial score (nSPS) is 11.6. The molecule has 0 bridgehead atoms. The summed E-state index contributed by atoms with van der Waals surface area (Å²) in [6, 6.07) is 3.70. The van der Waals surface area contributed by atoms with Crippen molar-refractivity contribution >= 4 is 11.6 Å². The molecule has 0 atom stereocenters. The summed E-state index contributed by atoms with van der Waals surface area (Å²) in [5.74, 6) is 0.767. The zero-order valence-corrected chi connectivity index (χ0v) is 11.6. The molecular weight excluding hydrogens is 238 g/mol. The van der Waals surface area contributed by atoms with Gasteiger partial charge < -0.3 is 15.2 Å². The third-order valence-electron chi connectivity index (χ3n) is 2.42. The smallest absolute Gasteiger partial charge is 0.123 e. The van der Waals surface area contributed by atoms with Gasteiger partial charge in [0.15, 0.2) is 0 Å². The van der Waals surface area contributed by atoms with Gasteiger partial charge in [-0.1, -0.05) is 11.6 Å². The molecular formula is C13H20ClNO2. The fourth-order valence-electron chi connectivity index (χ4n) is 1.79. The van der Waals surface area contributed by atoms with Crippen molar-refractivity contribution in [3.8, 4) is 5.75 Å². The lowest BCUT2D eigenvalue weighted by Gasteiger charge is -2.22. The van der Waals surface area contributed by atoms with Crippen molar-refractivity contribution in [2.45, 2.75) is 32.4 Å².